The summed E-state index contributed by atoms with van der Waals surface area (Å²) in [4.78, 5) is 24.1. The number of fused-ring (bicyclic) bond motifs is 1. The third-order valence-electron chi connectivity index (χ3n) is 7.75. The molecule has 0 unspecified atom stereocenters. The number of aliphatic carboxylic acids is 1. The minimum atomic E-state index is -5.08. The number of alkyl halides is 3. The monoisotopic (exact) mass is 567 g/mol. The van der Waals surface area contributed by atoms with Crippen LogP contribution in [0, 0.1) is 6.92 Å². The molecule has 40 heavy (non-hydrogen) atoms. The Morgan fingerprint density at radius 2 is 1.70 bits per heavy atom. The molecule has 0 spiro atoms. The van der Waals surface area contributed by atoms with E-state index in [1.165, 1.54) is 5.56 Å². The van der Waals surface area contributed by atoms with E-state index in [1.54, 1.807) is 21.3 Å². The number of methoxy groups -OCH3 is 3. The number of aryl methyl sites for hydroxylation is 1. The zero-order valence-electron chi connectivity index (χ0n) is 23.2. The second-order valence-electron chi connectivity index (χ2n) is 10.0. The fraction of sp³-hybridized carbons (Fsp3) is 0.500. The lowest BCUT2D eigenvalue weighted by Gasteiger charge is -2.45. The molecule has 1 heterocycles. The molecular weight excluding hydrogens is 531 g/mol. The smallest absolute Gasteiger partial charge is 0.490 e. The average molecular weight is 568 g/mol. The summed E-state index contributed by atoms with van der Waals surface area (Å²) in [5, 5.41) is 13.3. The van der Waals surface area contributed by atoms with Crippen LogP contribution in [-0.2, 0) is 10.2 Å². The number of nitrogens with zero attached hydrogens (tertiary/aromatic N) is 1. The maximum atomic E-state index is 12.8. The third-order valence-corrected chi connectivity index (χ3v) is 7.75. The Hall–Kier alpha value is -3.67. The van der Waals surface area contributed by atoms with Crippen LogP contribution in [0.2, 0.25) is 0 Å². The molecule has 0 radical (unpaired) electrons. The van der Waals surface area contributed by atoms with Crippen molar-refractivity contribution >= 4 is 17.7 Å². The first-order chi connectivity index (χ1) is 18.8. The maximum absolute atomic E-state index is 12.8. The Kier molecular flexibility index (Phi) is 9.78. The van der Waals surface area contributed by atoms with Crippen LogP contribution in [-0.4, -0.2) is 75.2 Å². The number of anilines is 1. The van der Waals surface area contributed by atoms with Gasteiger partial charge in [0.2, 0.25) is 0 Å². The molecule has 1 aliphatic heterocycles. The van der Waals surface area contributed by atoms with Gasteiger partial charge >= 0.3 is 18.2 Å². The van der Waals surface area contributed by atoms with E-state index in [0.29, 0.717) is 6.04 Å². The number of carbonyl (C=O) groups is 2. The number of urea groups is 1. The van der Waals surface area contributed by atoms with Crippen LogP contribution in [0.1, 0.15) is 36.8 Å². The number of halogens is 3. The highest BCUT2D eigenvalue weighted by atomic mass is 19.4. The van der Waals surface area contributed by atoms with Crippen molar-refractivity contribution in [2.45, 2.75) is 56.3 Å². The minimum Gasteiger partial charge on any atom is -0.497 e. The summed E-state index contributed by atoms with van der Waals surface area (Å²) in [5.74, 6) is -0.456. The number of carboxylic acids is 1. The summed E-state index contributed by atoms with van der Waals surface area (Å²) < 4.78 is 48.0. The minimum absolute atomic E-state index is 0.0650. The van der Waals surface area contributed by atoms with Crippen molar-refractivity contribution in [3.63, 3.8) is 0 Å². The summed E-state index contributed by atoms with van der Waals surface area (Å²) in [6.07, 6.45) is -1.11. The molecule has 3 N–H and O–H groups in total. The third kappa shape index (κ3) is 6.90. The molecular formula is C28H36F3N3O6. The summed E-state index contributed by atoms with van der Waals surface area (Å²) in [7, 11) is 7.18. The normalized spacial score (nSPS) is 22.3. The van der Waals surface area contributed by atoms with Gasteiger partial charge in [0.05, 0.1) is 21.3 Å². The van der Waals surface area contributed by atoms with Crippen LogP contribution in [0.4, 0.5) is 23.7 Å². The van der Waals surface area contributed by atoms with Gasteiger partial charge in [0.1, 0.15) is 5.75 Å². The fourth-order valence-corrected chi connectivity index (χ4v) is 5.64. The highest BCUT2D eigenvalue weighted by Gasteiger charge is 2.50. The van der Waals surface area contributed by atoms with Crippen molar-refractivity contribution < 1.29 is 42.1 Å². The van der Waals surface area contributed by atoms with E-state index < -0.39 is 12.1 Å². The van der Waals surface area contributed by atoms with E-state index in [0.717, 1.165) is 60.7 Å². The quantitative estimate of drug-likeness (QED) is 0.452. The lowest BCUT2D eigenvalue weighted by molar-refractivity contribution is -0.192. The molecule has 220 valence electrons. The van der Waals surface area contributed by atoms with Crippen molar-refractivity contribution in [3.05, 3.63) is 47.5 Å². The van der Waals surface area contributed by atoms with Crippen LogP contribution < -0.4 is 24.8 Å². The summed E-state index contributed by atoms with van der Waals surface area (Å²) in [6.45, 7) is 3.01. The van der Waals surface area contributed by atoms with Crippen molar-refractivity contribution in [2.24, 2.45) is 0 Å². The van der Waals surface area contributed by atoms with Crippen molar-refractivity contribution in [2.75, 3.05) is 40.2 Å². The molecule has 4 rings (SSSR count). The Morgan fingerprint density at radius 3 is 2.27 bits per heavy atom. The van der Waals surface area contributed by atoms with E-state index in [9.17, 15) is 18.0 Å². The zero-order valence-corrected chi connectivity index (χ0v) is 23.2. The summed E-state index contributed by atoms with van der Waals surface area (Å²) in [5.41, 5.74) is 3.12. The van der Waals surface area contributed by atoms with Gasteiger partial charge in [-0.05, 0) is 87.7 Å². The number of carboxylic acid groups (broad SMARTS) is 1. The first-order valence-electron chi connectivity index (χ1n) is 12.8. The van der Waals surface area contributed by atoms with Gasteiger partial charge in [-0.3, -0.25) is 0 Å². The molecule has 12 heteroatoms. The number of amides is 2. The Labute approximate surface area is 231 Å². The van der Waals surface area contributed by atoms with Crippen LogP contribution in [0.25, 0.3) is 0 Å². The number of hydrogen-bond donors (Lipinski definition) is 3. The highest BCUT2D eigenvalue weighted by molar-refractivity contribution is 5.90. The van der Waals surface area contributed by atoms with Crippen LogP contribution in [0.5, 0.6) is 17.2 Å². The van der Waals surface area contributed by atoms with Gasteiger partial charge in [-0.15, -0.1) is 0 Å². The van der Waals surface area contributed by atoms with E-state index in [-0.39, 0.29) is 17.5 Å². The number of carbonyl (C=O) groups excluding carboxylic acids is 1. The first-order valence-corrected chi connectivity index (χ1v) is 12.8. The largest absolute Gasteiger partial charge is 0.497 e. The topological polar surface area (TPSA) is 109 Å². The molecule has 2 aliphatic rings. The van der Waals surface area contributed by atoms with Gasteiger partial charge < -0.3 is 34.9 Å². The van der Waals surface area contributed by atoms with Gasteiger partial charge in [-0.1, -0.05) is 6.07 Å². The molecule has 2 aromatic rings. The molecule has 0 aromatic heterocycles. The lowest BCUT2D eigenvalue weighted by atomic mass is 9.65. The summed E-state index contributed by atoms with van der Waals surface area (Å²) >= 11 is 0. The number of benzene rings is 2. The highest BCUT2D eigenvalue weighted by Crippen LogP contribution is 2.49. The molecule has 2 aromatic carbocycles. The molecule has 1 aliphatic carbocycles. The van der Waals surface area contributed by atoms with Crippen molar-refractivity contribution in [1.82, 2.24) is 10.2 Å². The van der Waals surface area contributed by atoms with E-state index in [2.05, 4.69) is 34.7 Å². The van der Waals surface area contributed by atoms with E-state index in [1.807, 2.05) is 31.2 Å². The second-order valence-corrected chi connectivity index (χ2v) is 10.0. The predicted molar refractivity (Wildman–Crippen MR) is 143 cm³/mol. The molecule has 0 bridgehead atoms. The van der Waals surface area contributed by atoms with Gasteiger partial charge in [0.25, 0.3) is 0 Å². The standard InChI is InChI=1S/C26H35N3O4.C2HF3O2/c1-17-14-20(31-3)7-8-21(17)28-25(30)27-19-10-11-26(12-13-29(2)24(26)16-19)18-6-9-22(32-4)23(15-18)33-5;3-2(4,5)1(6)7/h6-9,14-15,19,24H,10-13,16H2,1-5H3,(H2,27,28,30);(H,6,7)/t19-,24+,26+;/m1./s1. The van der Waals surface area contributed by atoms with E-state index in [4.69, 9.17) is 24.1 Å². The summed E-state index contributed by atoms with van der Waals surface area (Å²) in [6, 6.07) is 12.3. The number of nitrogens with one attached hydrogen (secondary N) is 2. The van der Waals surface area contributed by atoms with Crippen LogP contribution in [0.3, 0.4) is 0 Å². The number of ether oxygens (including phenoxy) is 3. The van der Waals surface area contributed by atoms with Crippen molar-refractivity contribution in [1.29, 1.82) is 0 Å². The Balaban J connectivity index is 0.000000559. The molecule has 2 amide bonds. The molecule has 2 fully saturated rings. The molecule has 1 saturated carbocycles. The molecule has 1 saturated heterocycles. The van der Waals surface area contributed by atoms with Crippen LogP contribution in [0.15, 0.2) is 36.4 Å². The zero-order chi connectivity index (χ0) is 29.7. The first kappa shape index (κ1) is 30.9. The predicted octanol–water partition coefficient (Wildman–Crippen LogP) is 4.97. The Morgan fingerprint density at radius 1 is 1.02 bits per heavy atom. The number of likely N-dealkylation sites (N-methyl/N-ethyl adjacent to an activating group) is 1. The maximum Gasteiger partial charge on any atom is 0.490 e. The molecule has 3 atom stereocenters. The van der Waals surface area contributed by atoms with Crippen LogP contribution >= 0.6 is 0 Å². The van der Waals surface area contributed by atoms with Gasteiger partial charge in [-0.2, -0.15) is 13.2 Å². The van der Waals surface area contributed by atoms with Crippen molar-refractivity contribution in [3.8, 4) is 17.2 Å². The average Bonchev–Trinajstić information content (AvgIpc) is 3.26. The Bertz CT molecular complexity index is 1210. The fourth-order valence-electron chi connectivity index (χ4n) is 5.64. The van der Waals surface area contributed by atoms with Gasteiger partial charge in [0.15, 0.2) is 11.5 Å². The molecule has 9 nitrogen and oxygen atoms in total. The van der Waals surface area contributed by atoms with Gasteiger partial charge in [0, 0.05) is 23.2 Å². The number of rotatable bonds is 6. The number of likely N-dealkylation sites (tertiary alicyclic amines) is 1. The lowest BCUT2D eigenvalue weighted by Crippen LogP contribution is -2.52. The number of hydrogen-bond acceptors (Lipinski definition) is 6. The second kappa shape index (κ2) is 12.7. The SMILES string of the molecule is COc1ccc(NC(=O)N[C@@H]2CC[C@@]3(c4ccc(OC)c(OC)c4)CCN(C)[C@H]3C2)c(C)c1.O=C(O)C(F)(F)F. The van der Waals surface area contributed by atoms with Gasteiger partial charge in [-0.25, -0.2) is 9.59 Å². The van der Waals surface area contributed by atoms with E-state index >= 15 is 0 Å².